The van der Waals surface area contributed by atoms with Gasteiger partial charge in [-0.25, -0.2) is 13.3 Å². The lowest BCUT2D eigenvalue weighted by molar-refractivity contribution is -0.0383. The van der Waals surface area contributed by atoms with Crippen LogP contribution in [0, 0.1) is 6.92 Å². The lowest BCUT2D eigenvalue weighted by Crippen LogP contribution is -2.23. The fourth-order valence-corrected chi connectivity index (χ4v) is 5.43. The molecule has 0 atom stereocenters. The third-order valence-electron chi connectivity index (χ3n) is 5.17. The molecule has 4 rings (SSSR count). The average molecular weight is 476 g/mol. The molecule has 0 bridgehead atoms. The Morgan fingerprint density at radius 1 is 1.41 bits per heavy atom. The van der Waals surface area contributed by atoms with Crippen LogP contribution in [-0.4, -0.2) is 19.9 Å². The molecule has 9 heteroatoms. The van der Waals surface area contributed by atoms with E-state index in [-0.39, 0.29) is 18.8 Å². The molecule has 0 spiro atoms. The van der Waals surface area contributed by atoms with Crippen LogP contribution in [0.2, 0.25) is 5.15 Å². The second kappa shape index (κ2) is 7.29. The maximum absolute atomic E-state index is 13.6. The standard InChI is InChI=1S/C18H18BrClF2N4S/c1-10-15(11-2-5-18(21,22)6-3-11)17(19)26-16(10)13(8-14(20)24-26)23-9-12-4-7-27-25-12/h4,7-8,11,23H,2-3,5-6,9H2,1H3. The van der Waals surface area contributed by atoms with E-state index in [0.29, 0.717) is 24.5 Å². The van der Waals surface area contributed by atoms with Gasteiger partial charge >= 0.3 is 0 Å². The van der Waals surface area contributed by atoms with E-state index in [0.717, 1.165) is 32.6 Å². The molecular weight excluding hydrogens is 458 g/mol. The van der Waals surface area contributed by atoms with E-state index in [9.17, 15) is 8.78 Å². The molecule has 0 saturated heterocycles. The van der Waals surface area contributed by atoms with E-state index in [2.05, 4.69) is 30.7 Å². The maximum Gasteiger partial charge on any atom is 0.248 e. The highest BCUT2D eigenvalue weighted by molar-refractivity contribution is 9.10. The predicted octanol–water partition coefficient (Wildman–Crippen LogP) is 6.42. The van der Waals surface area contributed by atoms with Crippen LogP contribution in [0.25, 0.3) is 5.52 Å². The predicted molar refractivity (Wildman–Crippen MR) is 108 cm³/mol. The molecule has 3 heterocycles. The van der Waals surface area contributed by atoms with Gasteiger partial charge in [0, 0.05) is 24.3 Å². The highest BCUT2D eigenvalue weighted by Crippen LogP contribution is 2.46. The first kappa shape index (κ1) is 19.1. The van der Waals surface area contributed by atoms with Gasteiger partial charge in [-0.1, -0.05) is 11.6 Å². The van der Waals surface area contributed by atoms with Crippen LogP contribution in [0.5, 0.6) is 0 Å². The van der Waals surface area contributed by atoms with Crippen molar-refractivity contribution < 1.29 is 8.78 Å². The van der Waals surface area contributed by atoms with E-state index >= 15 is 0 Å². The summed E-state index contributed by atoms with van der Waals surface area (Å²) in [5.74, 6) is -2.46. The van der Waals surface area contributed by atoms with E-state index in [1.54, 1.807) is 10.6 Å². The minimum absolute atomic E-state index is 0.0706. The maximum atomic E-state index is 13.6. The number of fused-ring (bicyclic) bond motifs is 1. The minimum Gasteiger partial charge on any atom is -0.378 e. The van der Waals surface area contributed by atoms with Crippen LogP contribution in [0.3, 0.4) is 0 Å². The van der Waals surface area contributed by atoms with Crippen LogP contribution in [-0.2, 0) is 6.54 Å². The highest BCUT2D eigenvalue weighted by Gasteiger charge is 2.37. The fraction of sp³-hybridized carbons (Fsp3) is 0.444. The molecule has 144 valence electrons. The van der Waals surface area contributed by atoms with Crippen LogP contribution in [0.1, 0.15) is 48.4 Å². The summed E-state index contributed by atoms with van der Waals surface area (Å²) < 4.78 is 34.1. The Bertz CT molecular complexity index is 964. The van der Waals surface area contributed by atoms with Gasteiger partial charge in [0.05, 0.1) is 23.4 Å². The van der Waals surface area contributed by atoms with Crippen LogP contribution in [0.4, 0.5) is 14.5 Å². The SMILES string of the molecule is Cc1c(C2CCC(F)(F)CC2)c(Br)n2nc(Cl)cc(NCc3ccsn3)c12. The molecular formula is C18H18BrClF2N4S. The first-order chi connectivity index (χ1) is 12.9. The number of alkyl halides is 2. The largest absolute Gasteiger partial charge is 0.378 e. The van der Waals surface area contributed by atoms with E-state index < -0.39 is 5.92 Å². The van der Waals surface area contributed by atoms with Gasteiger partial charge in [-0.2, -0.15) is 9.47 Å². The Morgan fingerprint density at radius 2 is 2.15 bits per heavy atom. The van der Waals surface area contributed by atoms with Gasteiger partial charge in [-0.15, -0.1) is 0 Å². The van der Waals surface area contributed by atoms with Crippen LogP contribution < -0.4 is 5.32 Å². The van der Waals surface area contributed by atoms with Crippen molar-refractivity contribution in [2.24, 2.45) is 0 Å². The van der Waals surface area contributed by atoms with Gasteiger partial charge in [0.1, 0.15) is 4.60 Å². The first-order valence-electron chi connectivity index (χ1n) is 8.74. The van der Waals surface area contributed by atoms with Gasteiger partial charge in [0.25, 0.3) is 0 Å². The van der Waals surface area contributed by atoms with Crippen molar-refractivity contribution in [3.8, 4) is 0 Å². The number of hydrogen-bond donors (Lipinski definition) is 1. The number of nitrogens with zero attached hydrogens (tertiary/aromatic N) is 3. The lowest BCUT2D eigenvalue weighted by Gasteiger charge is -2.28. The Kier molecular flexibility index (Phi) is 5.16. The second-order valence-electron chi connectivity index (χ2n) is 6.95. The molecule has 0 aliphatic heterocycles. The molecule has 1 fully saturated rings. The second-order valence-corrected chi connectivity index (χ2v) is 8.75. The molecule has 0 radical (unpaired) electrons. The fourth-order valence-electron chi connectivity index (χ4n) is 3.83. The summed E-state index contributed by atoms with van der Waals surface area (Å²) in [5, 5.41) is 10.1. The van der Waals surface area contributed by atoms with Crippen molar-refractivity contribution >= 4 is 50.3 Å². The molecule has 1 aliphatic carbocycles. The molecule has 27 heavy (non-hydrogen) atoms. The minimum atomic E-state index is -2.54. The van der Waals surface area contributed by atoms with Gasteiger partial charge in [0.15, 0.2) is 5.15 Å². The summed E-state index contributed by atoms with van der Waals surface area (Å²) in [6.45, 7) is 2.60. The number of anilines is 1. The summed E-state index contributed by atoms with van der Waals surface area (Å²) in [5.41, 5.74) is 4.81. The van der Waals surface area contributed by atoms with Crippen molar-refractivity contribution in [2.45, 2.75) is 51.0 Å². The van der Waals surface area contributed by atoms with Crippen LogP contribution >= 0.6 is 39.1 Å². The van der Waals surface area contributed by atoms with Gasteiger partial charge in [-0.3, -0.25) is 0 Å². The summed E-state index contributed by atoms with van der Waals surface area (Å²) in [7, 11) is 0. The molecule has 3 aromatic heterocycles. The van der Waals surface area contributed by atoms with Gasteiger partial charge in [0.2, 0.25) is 5.92 Å². The zero-order chi connectivity index (χ0) is 19.2. The van der Waals surface area contributed by atoms with E-state index in [1.807, 2.05) is 18.4 Å². The molecule has 4 nitrogen and oxygen atoms in total. The molecule has 0 aromatic carbocycles. The lowest BCUT2D eigenvalue weighted by atomic mass is 9.82. The molecule has 1 aliphatic rings. The van der Waals surface area contributed by atoms with E-state index in [4.69, 9.17) is 11.6 Å². The van der Waals surface area contributed by atoms with Crippen molar-refractivity contribution in [1.82, 2.24) is 14.0 Å². The summed E-state index contributed by atoms with van der Waals surface area (Å²) in [6.07, 6.45) is 0.801. The summed E-state index contributed by atoms with van der Waals surface area (Å²) in [4.78, 5) is 0. The quantitative estimate of drug-likeness (QED) is 0.473. The number of rotatable bonds is 4. The van der Waals surface area contributed by atoms with E-state index in [1.165, 1.54) is 11.5 Å². The van der Waals surface area contributed by atoms with Gasteiger partial charge in [-0.05, 0) is 70.3 Å². The Morgan fingerprint density at radius 3 is 2.81 bits per heavy atom. The van der Waals surface area contributed by atoms with Gasteiger partial charge < -0.3 is 5.32 Å². The molecule has 1 saturated carbocycles. The molecule has 0 unspecified atom stereocenters. The Labute approximate surface area is 173 Å². The molecule has 0 amide bonds. The smallest absolute Gasteiger partial charge is 0.248 e. The Hall–Kier alpha value is -1.25. The normalized spacial score (nSPS) is 17.5. The van der Waals surface area contributed by atoms with Crippen molar-refractivity contribution in [1.29, 1.82) is 0 Å². The average Bonchev–Trinajstić information content (AvgIpc) is 3.21. The summed E-state index contributed by atoms with van der Waals surface area (Å²) >= 11 is 11.3. The monoisotopic (exact) mass is 474 g/mol. The number of aryl methyl sites for hydroxylation is 1. The topological polar surface area (TPSA) is 42.2 Å². The molecule has 1 N–H and O–H groups in total. The number of halogens is 4. The first-order valence-corrected chi connectivity index (χ1v) is 10.7. The summed E-state index contributed by atoms with van der Waals surface area (Å²) in [6, 6.07) is 3.76. The number of aromatic nitrogens is 3. The highest BCUT2D eigenvalue weighted by atomic mass is 79.9. The third kappa shape index (κ3) is 3.71. The Balaban J connectivity index is 1.73. The van der Waals surface area contributed by atoms with Crippen molar-refractivity contribution in [2.75, 3.05) is 5.32 Å². The molecule has 3 aromatic rings. The van der Waals surface area contributed by atoms with Crippen LogP contribution in [0.15, 0.2) is 22.1 Å². The number of nitrogens with one attached hydrogen (secondary N) is 1. The van der Waals surface area contributed by atoms with Crippen molar-refractivity contribution in [3.05, 3.63) is 44.1 Å². The zero-order valence-electron chi connectivity index (χ0n) is 14.6. The number of hydrogen-bond acceptors (Lipinski definition) is 4. The zero-order valence-corrected chi connectivity index (χ0v) is 17.8. The van der Waals surface area contributed by atoms with Crippen molar-refractivity contribution in [3.63, 3.8) is 0 Å². The third-order valence-corrected chi connectivity index (χ3v) is 6.72.